The van der Waals surface area contributed by atoms with Gasteiger partial charge in [-0.05, 0) is 29.6 Å². The summed E-state index contributed by atoms with van der Waals surface area (Å²) in [7, 11) is 0. The summed E-state index contributed by atoms with van der Waals surface area (Å²) >= 11 is 0. The summed E-state index contributed by atoms with van der Waals surface area (Å²) < 4.78 is 0. The Morgan fingerprint density at radius 1 is 1.09 bits per heavy atom. The van der Waals surface area contributed by atoms with Gasteiger partial charge in [-0.3, -0.25) is 0 Å². The van der Waals surface area contributed by atoms with Crippen molar-refractivity contribution in [3.63, 3.8) is 0 Å². The Kier molecular flexibility index (Phi) is 2.07. The molecule has 0 spiro atoms. The summed E-state index contributed by atoms with van der Waals surface area (Å²) in [5.41, 5.74) is 1.17. The summed E-state index contributed by atoms with van der Waals surface area (Å²) in [4.78, 5) is 0. The highest BCUT2D eigenvalue weighted by Gasteiger charge is 2.48. The molecule has 0 aromatic heterocycles. The lowest BCUT2D eigenvalue weighted by molar-refractivity contribution is -0.0485. The van der Waals surface area contributed by atoms with Crippen LogP contribution in [0, 0.1) is 16.7 Å². The van der Waals surface area contributed by atoms with Gasteiger partial charge in [0.15, 0.2) is 0 Å². The Hall–Kier alpha value is 0. The van der Waals surface area contributed by atoms with Gasteiger partial charge in [-0.2, -0.15) is 0 Å². The van der Waals surface area contributed by atoms with Crippen LogP contribution in [0.25, 0.3) is 0 Å². The molecule has 0 heterocycles. The van der Waals surface area contributed by atoms with Crippen LogP contribution in [0.3, 0.4) is 0 Å². The second-order valence-electron chi connectivity index (χ2n) is 5.41. The second kappa shape index (κ2) is 2.50. The molecule has 0 aliphatic heterocycles. The van der Waals surface area contributed by atoms with E-state index < -0.39 is 0 Å². The highest BCUT2D eigenvalue weighted by molar-refractivity contribution is 4.98. The van der Waals surface area contributed by atoms with Crippen molar-refractivity contribution < 1.29 is 0 Å². The normalized spacial score (nSPS) is 23.5. The lowest BCUT2D eigenvalue weighted by Crippen LogP contribution is -2.45. The lowest BCUT2D eigenvalue weighted by atomic mass is 9.50. The van der Waals surface area contributed by atoms with E-state index in [4.69, 9.17) is 0 Å². The minimum Gasteiger partial charge on any atom is -0.0622 e. The van der Waals surface area contributed by atoms with E-state index >= 15 is 0 Å². The first-order valence-corrected chi connectivity index (χ1v) is 4.90. The molecule has 0 heteroatoms. The third-order valence-electron chi connectivity index (χ3n) is 3.84. The molecule has 66 valence electrons. The van der Waals surface area contributed by atoms with E-state index in [-0.39, 0.29) is 0 Å². The van der Waals surface area contributed by atoms with E-state index in [2.05, 4.69) is 34.6 Å². The molecule has 11 heavy (non-hydrogen) atoms. The molecule has 0 amide bonds. The molecular formula is C11H22. The van der Waals surface area contributed by atoms with E-state index in [0.29, 0.717) is 10.8 Å². The maximum absolute atomic E-state index is 2.40. The lowest BCUT2D eigenvalue weighted by Gasteiger charge is -2.55. The number of hydrogen-bond acceptors (Lipinski definition) is 0. The van der Waals surface area contributed by atoms with Gasteiger partial charge in [0.1, 0.15) is 0 Å². The van der Waals surface area contributed by atoms with Crippen molar-refractivity contribution in [1.82, 2.24) is 0 Å². The fourth-order valence-electron chi connectivity index (χ4n) is 2.75. The van der Waals surface area contributed by atoms with Crippen LogP contribution in [0.4, 0.5) is 0 Å². The Balaban J connectivity index is 2.76. The van der Waals surface area contributed by atoms with Crippen LogP contribution in [0.15, 0.2) is 0 Å². The zero-order valence-electron chi connectivity index (χ0n) is 8.70. The molecule has 1 saturated carbocycles. The number of hydrogen-bond donors (Lipinski definition) is 0. The van der Waals surface area contributed by atoms with Crippen molar-refractivity contribution in [3.8, 4) is 0 Å². The summed E-state index contributed by atoms with van der Waals surface area (Å²) in [5, 5.41) is 0. The molecule has 0 unspecified atom stereocenters. The average Bonchev–Trinajstić information content (AvgIpc) is 1.52. The van der Waals surface area contributed by atoms with E-state index in [9.17, 15) is 0 Å². The first kappa shape index (κ1) is 9.09. The fourth-order valence-corrected chi connectivity index (χ4v) is 2.75. The van der Waals surface area contributed by atoms with E-state index in [1.54, 1.807) is 0 Å². The van der Waals surface area contributed by atoms with Crippen molar-refractivity contribution in [1.29, 1.82) is 0 Å². The van der Waals surface area contributed by atoms with Crippen LogP contribution >= 0.6 is 0 Å². The van der Waals surface area contributed by atoms with Gasteiger partial charge in [-0.15, -0.1) is 0 Å². The van der Waals surface area contributed by atoms with E-state index in [0.717, 1.165) is 5.92 Å². The highest BCUT2D eigenvalue weighted by Crippen LogP contribution is 2.58. The van der Waals surface area contributed by atoms with Gasteiger partial charge < -0.3 is 0 Å². The van der Waals surface area contributed by atoms with Crippen LogP contribution in [0.5, 0.6) is 0 Å². The predicted molar refractivity (Wildman–Crippen MR) is 50.6 cm³/mol. The Bertz CT molecular complexity index is 133. The number of rotatable bonds is 1. The monoisotopic (exact) mass is 154 g/mol. The summed E-state index contributed by atoms with van der Waals surface area (Å²) in [6.07, 6.45) is 4.36. The van der Waals surface area contributed by atoms with Crippen molar-refractivity contribution in [2.45, 2.75) is 53.9 Å². The molecule has 0 atom stereocenters. The first-order valence-electron chi connectivity index (χ1n) is 4.90. The van der Waals surface area contributed by atoms with Crippen LogP contribution in [-0.2, 0) is 0 Å². The standard InChI is InChI=1S/C11H22/c1-9(2)11(7-6-8-11)10(3,4)5/h9H,6-8H2,1-5H3. The van der Waals surface area contributed by atoms with Gasteiger partial charge in [0.25, 0.3) is 0 Å². The van der Waals surface area contributed by atoms with Gasteiger partial charge in [0, 0.05) is 0 Å². The van der Waals surface area contributed by atoms with Crippen LogP contribution in [0.2, 0.25) is 0 Å². The summed E-state index contributed by atoms with van der Waals surface area (Å²) in [6, 6.07) is 0. The molecule has 1 rings (SSSR count). The van der Waals surface area contributed by atoms with Gasteiger partial charge in [-0.25, -0.2) is 0 Å². The summed E-state index contributed by atoms with van der Waals surface area (Å²) in [5.74, 6) is 0.858. The Morgan fingerprint density at radius 3 is 1.55 bits per heavy atom. The van der Waals surface area contributed by atoms with Crippen LogP contribution in [0.1, 0.15) is 53.9 Å². The zero-order chi connectivity index (χ0) is 8.70. The van der Waals surface area contributed by atoms with E-state index in [1.165, 1.54) is 19.3 Å². The maximum Gasteiger partial charge on any atom is -0.0226 e. The largest absolute Gasteiger partial charge is 0.0622 e. The van der Waals surface area contributed by atoms with Crippen molar-refractivity contribution in [2.24, 2.45) is 16.7 Å². The van der Waals surface area contributed by atoms with Crippen LogP contribution in [-0.4, -0.2) is 0 Å². The molecule has 0 radical (unpaired) electrons. The van der Waals surface area contributed by atoms with E-state index in [1.807, 2.05) is 0 Å². The van der Waals surface area contributed by atoms with Crippen LogP contribution < -0.4 is 0 Å². The minimum absolute atomic E-state index is 0.513. The SMILES string of the molecule is CC(C)C1(C(C)(C)C)CCC1. The third kappa shape index (κ3) is 1.21. The smallest absolute Gasteiger partial charge is 0.0226 e. The fraction of sp³-hybridized carbons (Fsp3) is 1.00. The van der Waals surface area contributed by atoms with Crippen molar-refractivity contribution in [3.05, 3.63) is 0 Å². The third-order valence-corrected chi connectivity index (χ3v) is 3.84. The quantitative estimate of drug-likeness (QED) is 0.538. The Labute approximate surface area is 71.4 Å². The molecule has 1 fully saturated rings. The van der Waals surface area contributed by atoms with Gasteiger partial charge in [0.05, 0.1) is 0 Å². The topological polar surface area (TPSA) is 0 Å². The molecule has 1 aliphatic carbocycles. The molecule has 0 aromatic carbocycles. The molecule has 1 aliphatic rings. The van der Waals surface area contributed by atoms with Crippen molar-refractivity contribution in [2.75, 3.05) is 0 Å². The highest BCUT2D eigenvalue weighted by atomic mass is 14.5. The molecule has 0 aromatic rings. The maximum atomic E-state index is 2.40. The predicted octanol–water partition coefficient (Wildman–Crippen LogP) is 3.86. The summed E-state index contributed by atoms with van der Waals surface area (Å²) in [6.45, 7) is 11.9. The van der Waals surface area contributed by atoms with Gasteiger partial charge in [0.2, 0.25) is 0 Å². The second-order valence-corrected chi connectivity index (χ2v) is 5.41. The van der Waals surface area contributed by atoms with Crippen molar-refractivity contribution >= 4 is 0 Å². The zero-order valence-corrected chi connectivity index (χ0v) is 8.70. The molecule has 0 N–H and O–H groups in total. The molecule has 0 saturated heterocycles. The average molecular weight is 154 g/mol. The van der Waals surface area contributed by atoms with Gasteiger partial charge in [-0.1, -0.05) is 41.0 Å². The molecule has 0 nitrogen and oxygen atoms in total. The first-order chi connectivity index (χ1) is 4.90. The Morgan fingerprint density at radius 2 is 1.55 bits per heavy atom. The molecule has 0 bridgehead atoms. The molecular weight excluding hydrogens is 132 g/mol. The van der Waals surface area contributed by atoms with Gasteiger partial charge >= 0.3 is 0 Å². The minimum atomic E-state index is 0.513.